The van der Waals surface area contributed by atoms with Crippen LogP contribution in [0.5, 0.6) is 0 Å². The van der Waals surface area contributed by atoms with Crippen LogP contribution in [0.2, 0.25) is 0 Å². The van der Waals surface area contributed by atoms with E-state index in [9.17, 15) is 4.79 Å². The highest BCUT2D eigenvalue weighted by Crippen LogP contribution is 2.33. The zero-order chi connectivity index (χ0) is 7.14. The van der Waals surface area contributed by atoms with Crippen molar-refractivity contribution in [1.82, 2.24) is 4.90 Å². The predicted molar refractivity (Wildman–Crippen MR) is 37.3 cm³/mol. The summed E-state index contributed by atoms with van der Waals surface area (Å²) in [5.41, 5.74) is 5.21. The van der Waals surface area contributed by atoms with E-state index >= 15 is 0 Å². The Hall–Kier alpha value is -0.570. The first kappa shape index (κ1) is 6.16. The third kappa shape index (κ3) is 0.669. The summed E-state index contributed by atoms with van der Waals surface area (Å²) in [5.74, 6) is 0.460. The van der Waals surface area contributed by atoms with Gasteiger partial charge in [-0.25, -0.2) is 0 Å². The molecule has 10 heavy (non-hydrogen) atoms. The van der Waals surface area contributed by atoms with Crippen LogP contribution in [0.1, 0.15) is 12.8 Å². The third-order valence-electron chi connectivity index (χ3n) is 2.62. The van der Waals surface area contributed by atoms with E-state index < -0.39 is 0 Å². The molecule has 1 amide bonds. The molecule has 0 aliphatic carbocycles. The highest BCUT2D eigenvalue weighted by atomic mass is 16.1. The average molecular weight is 140 g/mol. The van der Waals surface area contributed by atoms with Gasteiger partial charge < -0.3 is 5.73 Å². The van der Waals surface area contributed by atoms with Crippen LogP contribution in [-0.4, -0.2) is 29.9 Å². The molecule has 3 unspecified atom stereocenters. The molecule has 3 heteroatoms. The van der Waals surface area contributed by atoms with E-state index in [4.69, 9.17) is 5.73 Å². The normalized spacial score (nSPS) is 44.2. The quantitative estimate of drug-likeness (QED) is 0.537. The first-order valence-electron chi connectivity index (χ1n) is 3.82. The van der Waals surface area contributed by atoms with Crippen molar-refractivity contribution in [3.8, 4) is 0 Å². The monoisotopic (exact) mass is 140 g/mol. The topological polar surface area (TPSA) is 46.3 Å². The van der Waals surface area contributed by atoms with Gasteiger partial charge in [-0.2, -0.15) is 0 Å². The summed E-state index contributed by atoms with van der Waals surface area (Å²) >= 11 is 0. The van der Waals surface area contributed by atoms with Crippen LogP contribution in [0.15, 0.2) is 0 Å². The van der Waals surface area contributed by atoms with Crippen molar-refractivity contribution in [3.63, 3.8) is 0 Å². The lowest BCUT2D eigenvalue weighted by Gasteiger charge is -2.50. The van der Waals surface area contributed by atoms with Crippen molar-refractivity contribution < 1.29 is 4.79 Å². The Morgan fingerprint density at radius 3 is 2.70 bits per heavy atom. The maximum absolute atomic E-state index is 10.8. The molecule has 3 atom stereocenters. The molecule has 0 aromatic heterocycles. The number of hydrogen-bond acceptors (Lipinski definition) is 2. The molecule has 3 aliphatic rings. The van der Waals surface area contributed by atoms with Crippen LogP contribution in [0.4, 0.5) is 0 Å². The van der Waals surface area contributed by atoms with Crippen LogP contribution in [0, 0.1) is 5.92 Å². The van der Waals surface area contributed by atoms with Gasteiger partial charge in [-0.05, 0) is 25.3 Å². The van der Waals surface area contributed by atoms with E-state index in [0.717, 1.165) is 13.1 Å². The van der Waals surface area contributed by atoms with Crippen LogP contribution >= 0.6 is 0 Å². The summed E-state index contributed by atoms with van der Waals surface area (Å²) in [6, 6.07) is 0.0914. The minimum absolute atomic E-state index is 0.0914. The fraction of sp³-hybridized carbons (Fsp3) is 0.857. The van der Waals surface area contributed by atoms with E-state index in [1.807, 2.05) is 0 Å². The van der Waals surface area contributed by atoms with Gasteiger partial charge in [-0.3, -0.25) is 9.69 Å². The summed E-state index contributed by atoms with van der Waals surface area (Å²) in [6.45, 7) is 2.18. The van der Waals surface area contributed by atoms with Gasteiger partial charge in [-0.15, -0.1) is 0 Å². The van der Waals surface area contributed by atoms with Crippen LogP contribution in [-0.2, 0) is 4.79 Å². The second kappa shape index (κ2) is 1.95. The van der Waals surface area contributed by atoms with Gasteiger partial charge >= 0.3 is 0 Å². The number of nitrogens with two attached hydrogens (primary N) is 1. The molecular weight excluding hydrogens is 128 g/mol. The SMILES string of the molecule is NC(=O)C1C2CCCN1C2. The van der Waals surface area contributed by atoms with E-state index in [2.05, 4.69) is 4.90 Å². The molecule has 2 N–H and O–H groups in total. The van der Waals surface area contributed by atoms with E-state index in [0.29, 0.717) is 5.92 Å². The van der Waals surface area contributed by atoms with Gasteiger partial charge in [0.05, 0.1) is 6.04 Å². The summed E-state index contributed by atoms with van der Waals surface area (Å²) in [6.07, 6.45) is 2.44. The predicted octanol–water partition coefficient (Wildman–Crippen LogP) is -0.434. The van der Waals surface area contributed by atoms with Gasteiger partial charge in [0.1, 0.15) is 0 Å². The molecular formula is C7H12N2O. The molecule has 3 fully saturated rings. The first-order chi connectivity index (χ1) is 4.79. The van der Waals surface area contributed by atoms with Crippen molar-refractivity contribution in [2.24, 2.45) is 11.7 Å². The Morgan fingerprint density at radius 1 is 1.60 bits per heavy atom. The molecule has 3 nitrogen and oxygen atoms in total. The molecule has 2 bridgehead atoms. The largest absolute Gasteiger partial charge is 0.368 e. The molecule has 3 heterocycles. The number of nitrogens with zero attached hydrogens (tertiary/aromatic N) is 1. The number of fused-ring (bicyclic) bond motifs is 2. The third-order valence-corrected chi connectivity index (χ3v) is 2.62. The van der Waals surface area contributed by atoms with Crippen molar-refractivity contribution >= 4 is 5.91 Å². The lowest BCUT2D eigenvalue weighted by molar-refractivity contribution is -0.136. The Labute approximate surface area is 60.2 Å². The minimum Gasteiger partial charge on any atom is -0.368 e. The molecule has 56 valence electrons. The number of carbonyl (C=O) groups is 1. The number of carbonyl (C=O) groups excluding carboxylic acids is 1. The molecule has 0 radical (unpaired) electrons. The highest BCUT2D eigenvalue weighted by Gasteiger charge is 2.44. The van der Waals surface area contributed by atoms with E-state index in [1.165, 1.54) is 12.8 Å². The van der Waals surface area contributed by atoms with E-state index in [-0.39, 0.29) is 11.9 Å². The zero-order valence-electron chi connectivity index (χ0n) is 5.92. The number of primary amides is 1. The van der Waals surface area contributed by atoms with Crippen LogP contribution < -0.4 is 5.73 Å². The average Bonchev–Trinajstić information content (AvgIpc) is 1.87. The van der Waals surface area contributed by atoms with Crippen molar-refractivity contribution in [1.29, 1.82) is 0 Å². The zero-order valence-corrected chi connectivity index (χ0v) is 5.92. The standard InChI is InChI=1S/C7H12N2O/c8-7(10)6-5-2-1-3-9(6)4-5/h5-6H,1-4H2,(H2,8,10). The minimum atomic E-state index is -0.129. The Morgan fingerprint density at radius 2 is 2.40 bits per heavy atom. The number of amides is 1. The first-order valence-corrected chi connectivity index (χ1v) is 3.82. The fourth-order valence-electron chi connectivity index (χ4n) is 2.12. The Balaban J connectivity index is 2.06. The van der Waals surface area contributed by atoms with Crippen molar-refractivity contribution in [3.05, 3.63) is 0 Å². The fourth-order valence-corrected chi connectivity index (χ4v) is 2.12. The maximum Gasteiger partial charge on any atom is 0.235 e. The maximum atomic E-state index is 10.8. The lowest BCUT2D eigenvalue weighted by Crippen LogP contribution is -2.64. The van der Waals surface area contributed by atoms with Gasteiger partial charge in [-0.1, -0.05) is 0 Å². The second-order valence-corrected chi connectivity index (χ2v) is 3.24. The molecule has 0 aromatic rings. The van der Waals surface area contributed by atoms with Gasteiger partial charge in [0.25, 0.3) is 0 Å². The van der Waals surface area contributed by atoms with E-state index in [1.54, 1.807) is 0 Å². The second-order valence-electron chi connectivity index (χ2n) is 3.24. The smallest absolute Gasteiger partial charge is 0.235 e. The summed E-state index contributed by atoms with van der Waals surface area (Å²) in [4.78, 5) is 13.0. The van der Waals surface area contributed by atoms with Crippen molar-refractivity contribution in [2.45, 2.75) is 18.9 Å². The summed E-state index contributed by atoms with van der Waals surface area (Å²) in [7, 11) is 0. The molecule has 0 saturated carbocycles. The summed E-state index contributed by atoms with van der Waals surface area (Å²) in [5, 5.41) is 0. The number of rotatable bonds is 1. The Kier molecular flexibility index (Phi) is 1.20. The molecule has 3 aliphatic heterocycles. The van der Waals surface area contributed by atoms with Gasteiger partial charge in [0.2, 0.25) is 5.91 Å². The van der Waals surface area contributed by atoms with Crippen molar-refractivity contribution in [2.75, 3.05) is 13.1 Å². The van der Waals surface area contributed by atoms with Crippen LogP contribution in [0.25, 0.3) is 0 Å². The highest BCUT2D eigenvalue weighted by molar-refractivity contribution is 5.81. The molecule has 3 rings (SSSR count). The van der Waals surface area contributed by atoms with Crippen LogP contribution in [0.3, 0.4) is 0 Å². The van der Waals surface area contributed by atoms with Gasteiger partial charge in [0, 0.05) is 6.54 Å². The lowest BCUT2D eigenvalue weighted by atomic mass is 9.80. The molecule has 3 saturated heterocycles. The number of piperidine rings is 2. The molecule has 0 spiro atoms. The van der Waals surface area contributed by atoms with Gasteiger partial charge in [0.15, 0.2) is 0 Å². The Bertz CT molecular complexity index is 155. The molecule has 0 aromatic carbocycles. The summed E-state index contributed by atoms with van der Waals surface area (Å²) < 4.78 is 0. The number of hydrogen-bond donors (Lipinski definition) is 1.